The molecule has 0 unspecified atom stereocenters. The molecular formula is C14H19N3O4S. The number of rotatable bonds is 5. The highest BCUT2D eigenvalue weighted by molar-refractivity contribution is 7.89. The van der Waals surface area contributed by atoms with E-state index in [1.165, 1.54) is 12.1 Å². The molecule has 0 atom stereocenters. The Hall–Kier alpha value is -1.67. The lowest BCUT2D eigenvalue weighted by Crippen LogP contribution is -2.30. The molecule has 8 heteroatoms. The molecule has 7 nitrogen and oxygen atoms in total. The van der Waals surface area contributed by atoms with Crippen LogP contribution in [0.4, 0.5) is 11.4 Å². The van der Waals surface area contributed by atoms with Crippen molar-refractivity contribution < 1.29 is 13.3 Å². The molecule has 0 radical (unpaired) electrons. The summed E-state index contributed by atoms with van der Waals surface area (Å²) in [7, 11) is -3.67. The molecule has 0 amide bonds. The van der Waals surface area contributed by atoms with Crippen molar-refractivity contribution in [2.24, 2.45) is 0 Å². The van der Waals surface area contributed by atoms with E-state index in [0.717, 1.165) is 45.2 Å². The first-order valence-electron chi connectivity index (χ1n) is 7.53. The molecule has 1 aliphatic carbocycles. The molecule has 1 aromatic rings. The zero-order valence-electron chi connectivity index (χ0n) is 12.2. The van der Waals surface area contributed by atoms with Crippen LogP contribution in [0.3, 0.4) is 0 Å². The molecule has 0 aromatic heterocycles. The van der Waals surface area contributed by atoms with Gasteiger partial charge in [0.1, 0.15) is 5.69 Å². The van der Waals surface area contributed by atoms with Crippen LogP contribution in [0.2, 0.25) is 0 Å². The zero-order chi connectivity index (χ0) is 15.7. The van der Waals surface area contributed by atoms with E-state index in [0.29, 0.717) is 5.69 Å². The van der Waals surface area contributed by atoms with Gasteiger partial charge in [0.05, 0.1) is 9.82 Å². The lowest BCUT2D eigenvalue weighted by molar-refractivity contribution is -0.384. The van der Waals surface area contributed by atoms with Crippen LogP contribution in [0.5, 0.6) is 0 Å². The molecule has 2 fully saturated rings. The van der Waals surface area contributed by atoms with Crippen molar-refractivity contribution in [3.63, 3.8) is 0 Å². The lowest BCUT2D eigenvalue weighted by atomic mass is 10.1. The first-order valence-corrected chi connectivity index (χ1v) is 9.01. The van der Waals surface area contributed by atoms with Crippen LogP contribution in [-0.4, -0.2) is 32.5 Å². The van der Waals surface area contributed by atoms with Crippen LogP contribution in [0, 0.1) is 10.1 Å². The van der Waals surface area contributed by atoms with E-state index >= 15 is 0 Å². The van der Waals surface area contributed by atoms with Crippen LogP contribution < -0.4 is 9.62 Å². The second-order valence-electron chi connectivity index (χ2n) is 5.85. The summed E-state index contributed by atoms with van der Waals surface area (Å²) in [4.78, 5) is 12.8. The Morgan fingerprint density at radius 3 is 2.45 bits per heavy atom. The fourth-order valence-corrected chi connectivity index (χ4v) is 4.03. The summed E-state index contributed by atoms with van der Waals surface area (Å²) in [6.45, 7) is 1.54. The Morgan fingerprint density at radius 1 is 1.18 bits per heavy atom. The summed E-state index contributed by atoms with van der Waals surface area (Å²) >= 11 is 0. The van der Waals surface area contributed by atoms with Gasteiger partial charge in [-0.1, -0.05) is 0 Å². The molecule has 1 N–H and O–H groups in total. The molecule has 0 spiro atoms. The maximum atomic E-state index is 12.2. The molecule has 1 heterocycles. The number of piperidine rings is 1. The number of anilines is 1. The van der Waals surface area contributed by atoms with Gasteiger partial charge in [0.15, 0.2) is 0 Å². The molecule has 22 heavy (non-hydrogen) atoms. The van der Waals surface area contributed by atoms with Crippen molar-refractivity contribution in [3.05, 3.63) is 28.3 Å². The third kappa shape index (κ3) is 3.22. The van der Waals surface area contributed by atoms with Crippen LogP contribution >= 0.6 is 0 Å². The number of hydrogen-bond acceptors (Lipinski definition) is 5. The maximum absolute atomic E-state index is 12.2. The summed E-state index contributed by atoms with van der Waals surface area (Å²) in [5.74, 6) is 0. The molecule has 0 bridgehead atoms. The molecule has 120 valence electrons. The molecule has 1 saturated carbocycles. The van der Waals surface area contributed by atoms with E-state index in [2.05, 4.69) is 4.72 Å². The highest BCUT2D eigenvalue weighted by Gasteiger charge is 2.30. The van der Waals surface area contributed by atoms with E-state index in [1.54, 1.807) is 6.07 Å². The standard InChI is InChI=1S/C14H19N3O4S/c18-17(19)14-10-12(22(20,21)15-11-4-5-11)6-7-13(14)16-8-2-1-3-9-16/h6-7,10-11,15H,1-5,8-9H2. The van der Waals surface area contributed by atoms with E-state index < -0.39 is 14.9 Å². The molecular weight excluding hydrogens is 306 g/mol. The summed E-state index contributed by atoms with van der Waals surface area (Å²) in [5, 5.41) is 11.3. The van der Waals surface area contributed by atoms with Gasteiger partial charge in [-0.15, -0.1) is 0 Å². The van der Waals surface area contributed by atoms with Gasteiger partial charge in [0, 0.05) is 25.2 Å². The van der Waals surface area contributed by atoms with Crippen molar-refractivity contribution in [2.75, 3.05) is 18.0 Å². The topological polar surface area (TPSA) is 92.5 Å². The third-order valence-electron chi connectivity index (χ3n) is 4.05. The average molecular weight is 325 g/mol. The van der Waals surface area contributed by atoms with Gasteiger partial charge in [-0.2, -0.15) is 0 Å². The molecule has 3 rings (SSSR count). The predicted molar refractivity (Wildman–Crippen MR) is 82.5 cm³/mol. The Bertz CT molecular complexity index is 679. The van der Waals surface area contributed by atoms with Gasteiger partial charge in [-0.05, 0) is 44.2 Å². The molecule has 1 aromatic carbocycles. The Balaban J connectivity index is 1.94. The van der Waals surface area contributed by atoms with Gasteiger partial charge in [-0.3, -0.25) is 10.1 Å². The first-order chi connectivity index (χ1) is 10.5. The van der Waals surface area contributed by atoms with Crippen molar-refractivity contribution in [1.29, 1.82) is 0 Å². The molecule has 1 saturated heterocycles. The SMILES string of the molecule is O=[N+]([O-])c1cc(S(=O)(=O)NC2CC2)ccc1N1CCCCC1. The molecule has 1 aliphatic heterocycles. The predicted octanol–water partition coefficient (Wildman–Crippen LogP) is 2.03. The van der Waals surface area contributed by atoms with E-state index in [-0.39, 0.29) is 16.6 Å². The van der Waals surface area contributed by atoms with E-state index in [1.807, 2.05) is 4.90 Å². The van der Waals surface area contributed by atoms with Crippen LogP contribution in [0.1, 0.15) is 32.1 Å². The number of sulfonamides is 1. The van der Waals surface area contributed by atoms with Gasteiger partial charge in [0.25, 0.3) is 5.69 Å². The second-order valence-corrected chi connectivity index (χ2v) is 7.56. The summed E-state index contributed by atoms with van der Waals surface area (Å²) in [6, 6.07) is 4.17. The van der Waals surface area contributed by atoms with Crippen molar-refractivity contribution in [2.45, 2.75) is 43.0 Å². The normalized spacial score (nSPS) is 19.2. The molecule has 2 aliphatic rings. The maximum Gasteiger partial charge on any atom is 0.293 e. The summed E-state index contributed by atoms with van der Waals surface area (Å²) in [5.41, 5.74) is 0.371. The van der Waals surface area contributed by atoms with E-state index in [9.17, 15) is 18.5 Å². The van der Waals surface area contributed by atoms with Crippen LogP contribution in [0.25, 0.3) is 0 Å². The van der Waals surface area contributed by atoms with Gasteiger partial charge in [0.2, 0.25) is 10.0 Å². The fraction of sp³-hybridized carbons (Fsp3) is 0.571. The number of benzene rings is 1. The minimum atomic E-state index is -3.67. The van der Waals surface area contributed by atoms with Crippen LogP contribution in [-0.2, 0) is 10.0 Å². The third-order valence-corrected chi connectivity index (χ3v) is 5.57. The zero-order valence-corrected chi connectivity index (χ0v) is 13.0. The Labute approximate surface area is 129 Å². The van der Waals surface area contributed by atoms with Crippen molar-refractivity contribution in [3.8, 4) is 0 Å². The summed E-state index contributed by atoms with van der Waals surface area (Å²) < 4.78 is 26.9. The number of nitro benzene ring substituents is 1. The quantitative estimate of drug-likeness (QED) is 0.660. The van der Waals surface area contributed by atoms with Gasteiger partial charge in [-0.25, -0.2) is 13.1 Å². The highest BCUT2D eigenvalue weighted by atomic mass is 32.2. The first kappa shape index (κ1) is 15.2. The fourth-order valence-electron chi connectivity index (χ4n) is 2.71. The Kier molecular flexibility index (Phi) is 4.05. The van der Waals surface area contributed by atoms with Gasteiger partial charge >= 0.3 is 0 Å². The largest absolute Gasteiger partial charge is 0.366 e. The van der Waals surface area contributed by atoms with Crippen LogP contribution in [0.15, 0.2) is 23.1 Å². The average Bonchev–Trinajstić information content (AvgIpc) is 3.30. The number of nitrogens with one attached hydrogen (secondary N) is 1. The second kappa shape index (κ2) is 5.85. The number of nitro groups is 1. The monoisotopic (exact) mass is 325 g/mol. The lowest BCUT2D eigenvalue weighted by Gasteiger charge is -2.28. The van der Waals surface area contributed by atoms with Crippen molar-refractivity contribution >= 4 is 21.4 Å². The smallest absolute Gasteiger partial charge is 0.293 e. The highest BCUT2D eigenvalue weighted by Crippen LogP contribution is 2.33. The van der Waals surface area contributed by atoms with Gasteiger partial charge < -0.3 is 4.90 Å². The Morgan fingerprint density at radius 2 is 1.86 bits per heavy atom. The minimum Gasteiger partial charge on any atom is -0.366 e. The number of nitrogens with zero attached hydrogens (tertiary/aromatic N) is 2. The summed E-state index contributed by atoms with van der Waals surface area (Å²) in [6.07, 6.45) is 4.78. The van der Waals surface area contributed by atoms with Crippen molar-refractivity contribution in [1.82, 2.24) is 4.72 Å². The minimum absolute atomic E-state index is 0.0224. The number of hydrogen-bond donors (Lipinski definition) is 1. The van der Waals surface area contributed by atoms with E-state index in [4.69, 9.17) is 0 Å².